The summed E-state index contributed by atoms with van der Waals surface area (Å²) in [6.45, 7) is 2.65. The fraction of sp³-hybridized carbons (Fsp3) is 0.462. The number of nitrogens with one attached hydrogen (secondary N) is 1. The molecule has 1 aliphatic carbocycles. The maximum absolute atomic E-state index is 13.8. The van der Waals surface area contributed by atoms with Gasteiger partial charge in [0.15, 0.2) is 11.5 Å². The molecular formula is C26H31Cl2N3O6S. The summed E-state index contributed by atoms with van der Waals surface area (Å²) in [5.41, 5.74) is 0.842. The van der Waals surface area contributed by atoms with Crippen LogP contribution in [-0.2, 0) is 26.2 Å². The lowest BCUT2D eigenvalue weighted by Gasteiger charge is -2.32. The number of anilines is 1. The maximum Gasteiger partial charge on any atom is 0.244 e. The van der Waals surface area contributed by atoms with Crippen molar-refractivity contribution < 1.29 is 27.5 Å². The monoisotopic (exact) mass is 583 g/mol. The van der Waals surface area contributed by atoms with E-state index in [0.717, 1.165) is 30.0 Å². The smallest absolute Gasteiger partial charge is 0.244 e. The highest BCUT2D eigenvalue weighted by Crippen LogP contribution is 2.36. The zero-order valence-electron chi connectivity index (χ0n) is 21.3. The number of rotatable bonds is 10. The minimum Gasteiger partial charge on any atom is -0.454 e. The van der Waals surface area contributed by atoms with E-state index >= 15 is 0 Å². The van der Waals surface area contributed by atoms with Gasteiger partial charge >= 0.3 is 0 Å². The van der Waals surface area contributed by atoms with Gasteiger partial charge in [-0.1, -0.05) is 42.1 Å². The molecule has 0 unspecified atom stereocenters. The van der Waals surface area contributed by atoms with Crippen molar-refractivity contribution >= 4 is 50.7 Å². The molecule has 0 spiro atoms. The van der Waals surface area contributed by atoms with Crippen LogP contribution in [0.1, 0.15) is 45.1 Å². The Morgan fingerprint density at radius 1 is 1.08 bits per heavy atom. The van der Waals surface area contributed by atoms with E-state index in [1.165, 1.54) is 17.9 Å². The maximum atomic E-state index is 13.8. The third kappa shape index (κ3) is 6.47. The quantitative estimate of drug-likeness (QED) is 0.445. The van der Waals surface area contributed by atoms with Crippen molar-refractivity contribution in [1.29, 1.82) is 0 Å². The molecule has 0 bridgehead atoms. The molecule has 0 aromatic heterocycles. The summed E-state index contributed by atoms with van der Waals surface area (Å²) in [6, 6.07) is 8.77. The molecule has 1 atom stereocenters. The molecule has 9 nitrogen and oxygen atoms in total. The van der Waals surface area contributed by atoms with Crippen molar-refractivity contribution in [2.75, 3.05) is 23.4 Å². The van der Waals surface area contributed by atoms with Crippen LogP contribution in [0.4, 0.5) is 5.69 Å². The van der Waals surface area contributed by atoms with E-state index in [0.29, 0.717) is 27.1 Å². The molecule has 0 saturated heterocycles. The molecular weight excluding hydrogens is 553 g/mol. The first-order valence-electron chi connectivity index (χ1n) is 12.5. The lowest BCUT2D eigenvalue weighted by Crippen LogP contribution is -2.52. The normalized spacial score (nSPS) is 15.8. The number of halogens is 2. The van der Waals surface area contributed by atoms with Crippen molar-refractivity contribution in [2.24, 2.45) is 0 Å². The average molecular weight is 585 g/mol. The van der Waals surface area contributed by atoms with E-state index in [1.54, 1.807) is 37.3 Å². The SMILES string of the molecule is CCS(=O)(=O)N(CC(=O)N(Cc1ccc(Cl)cc1Cl)[C@@H](C)C(=O)NC1CCCC1)c1ccc2c(c1)OCO2. The minimum absolute atomic E-state index is 0.00472. The Bertz CT molecular complexity index is 1300. The first kappa shape index (κ1) is 28.3. The molecule has 1 fully saturated rings. The van der Waals surface area contributed by atoms with Gasteiger partial charge in [0.25, 0.3) is 0 Å². The third-order valence-electron chi connectivity index (χ3n) is 6.85. The molecule has 206 valence electrons. The van der Waals surface area contributed by atoms with E-state index in [9.17, 15) is 18.0 Å². The lowest BCUT2D eigenvalue weighted by atomic mass is 10.1. The molecule has 1 heterocycles. The summed E-state index contributed by atoms with van der Waals surface area (Å²) >= 11 is 12.4. The van der Waals surface area contributed by atoms with Gasteiger partial charge in [-0.25, -0.2) is 8.42 Å². The van der Waals surface area contributed by atoms with Gasteiger partial charge in [0.1, 0.15) is 12.6 Å². The Morgan fingerprint density at radius 2 is 1.79 bits per heavy atom. The fourth-order valence-electron chi connectivity index (χ4n) is 4.57. The van der Waals surface area contributed by atoms with Gasteiger partial charge in [0, 0.05) is 28.7 Å². The number of hydrogen-bond acceptors (Lipinski definition) is 6. The average Bonchev–Trinajstić information content (AvgIpc) is 3.57. The van der Waals surface area contributed by atoms with Gasteiger partial charge in [-0.3, -0.25) is 13.9 Å². The number of carbonyl (C=O) groups excluding carboxylic acids is 2. The minimum atomic E-state index is -3.87. The number of amides is 2. The van der Waals surface area contributed by atoms with Crippen molar-refractivity contribution in [3.05, 3.63) is 52.0 Å². The summed E-state index contributed by atoms with van der Waals surface area (Å²) in [6.07, 6.45) is 3.87. The number of hydrogen-bond donors (Lipinski definition) is 1. The van der Waals surface area contributed by atoms with Crippen LogP contribution < -0.4 is 19.1 Å². The number of carbonyl (C=O) groups is 2. The molecule has 0 radical (unpaired) electrons. The van der Waals surface area contributed by atoms with Gasteiger partial charge in [-0.2, -0.15) is 0 Å². The van der Waals surface area contributed by atoms with Crippen LogP contribution in [-0.4, -0.2) is 56.3 Å². The van der Waals surface area contributed by atoms with Gasteiger partial charge in [-0.05, 0) is 56.5 Å². The Hall–Kier alpha value is -2.69. The number of fused-ring (bicyclic) bond motifs is 1. The molecule has 12 heteroatoms. The van der Waals surface area contributed by atoms with Crippen molar-refractivity contribution in [3.63, 3.8) is 0 Å². The summed E-state index contributed by atoms with van der Waals surface area (Å²) in [5.74, 6) is -0.205. The molecule has 2 aliphatic rings. The Morgan fingerprint density at radius 3 is 2.47 bits per heavy atom. The second-order valence-electron chi connectivity index (χ2n) is 9.37. The first-order valence-corrected chi connectivity index (χ1v) is 14.9. The second-order valence-corrected chi connectivity index (χ2v) is 12.4. The standard InChI is InChI=1S/C26H31Cl2N3O6S/c1-3-38(34,35)31(21-10-11-23-24(13-21)37-16-36-23)15-25(32)30(14-18-8-9-19(27)12-22(18)28)17(2)26(33)29-20-6-4-5-7-20/h8-13,17,20H,3-7,14-16H2,1-2H3,(H,29,33)/t17-/m0/s1. The van der Waals surface area contributed by atoms with Crippen molar-refractivity contribution in [1.82, 2.24) is 10.2 Å². The van der Waals surface area contributed by atoms with E-state index in [-0.39, 0.29) is 36.7 Å². The summed E-state index contributed by atoms with van der Waals surface area (Å²) in [5, 5.41) is 3.81. The molecule has 1 aliphatic heterocycles. The lowest BCUT2D eigenvalue weighted by molar-refractivity contribution is -0.139. The van der Waals surface area contributed by atoms with Gasteiger partial charge in [0.2, 0.25) is 28.6 Å². The third-order valence-corrected chi connectivity index (χ3v) is 9.18. The van der Waals surface area contributed by atoms with E-state index in [1.807, 2.05) is 0 Å². The van der Waals surface area contributed by atoms with Crippen molar-refractivity contribution in [2.45, 2.75) is 58.2 Å². The predicted molar refractivity (Wildman–Crippen MR) is 146 cm³/mol. The van der Waals surface area contributed by atoms with Crippen LogP contribution in [0, 0.1) is 0 Å². The van der Waals surface area contributed by atoms with Gasteiger partial charge < -0.3 is 19.7 Å². The highest BCUT2D eigenvalue weighted by molar-refractivity contribution is 7.92. The summed E-state index contributed by atoms with van der Waals surface area (Å²) in [4.78, 5) is 28.3. The van der Waals surface area contributed by atoms with Crippen LogP contribution in [0.15, 0.2) is 36.4 Å². The highest BCUT2D eigenvalue weighted by Gasteiger charge is 2.33. The van der Waals surface area contributed by atoms with Gasteiger partial charge in [-0.15, -0.1) is 0 Å². The second kappa shape index (κ2) is 12.0. The molecule has 4 rings (SSSR count). The highest BCUT2D eigenvalue weighted by atomic mass is 35.5. The molecule has 1 saturated carbocycles. The van der Waals surface area contributed by atoms with E-state index < -0.39 is 28.5 Å². The first-order chi connectivity index (χ1) is 18.1. The number of benzene rings is 2. The van der Waals surface area contributed by atoms with Crippen LogP contribution in [0.5, 0.6) is 11.5 Å². The fourth-order valence-corrected chi connectivity index (χ4v) is 6.09. The molecule has 1 N–H and O–H groups in total. The summed E-state index contributed by atoms with van der Waals surface area (Å²) < 4.78 is 38.0. The van der Waals surface area contributed by atoms with Crippen LogP contribution in [0.2, 0.25) is 10.0 Å². The van der Waals surface area contributed by atoms with E-state index in [4.69, 9.17) is 32.7 Å². The van der Waals surface area contributed by atoms with Crippen LogP contribution in [0.25, 0.3) is 0 Å². The van der Waals surface area contributed by atoms with Gasteiger partial charge in [0.05, 0.1) is 11.4 Å². The Kier molecular flexibility index (Phi) is 8.95. The van der Waals surface area contributed by atoms with Crippen LogP contribution in [0.3, 0.4) is 0 Å². The predicted octanol–water partition coefficient (Wildman–Crippen LogP) is 4.35. The Labute approximate surface area is 233 Å². The number of ether oxygens (including phenoxy) is 2. The zero-order valence-corrected chi connectivity index (χ0v) is 23.6. The molecule has 2 amide bonds. The summed E-state index contributed by atoms with van der Waals surface area (Å²) in [7, 11) is -3.87. The molecule has 2 aromatic carbocycles. The van der Waals surface area contributed by atoms with Crippen LogP contribution >= 0.6 is 23.2 Å². The zero-order chi connectivity index (χ0) is 27.4. The Balaban J connectivity index is 1.63. The van der Waals surface area contributed by atoms with Crippen molar-refractivity contribution in [3.8, 4) is 11.5 Å². The molecule has 2 aromatic rings. The number of sulfonamides is 1. The topological polar surface area (TPSA) is 105 Å². The molecule has 38 heavy (non-hydrogen) atoms. The largest absolute Gasteiger partial charge is 0.454 e. The van der Waals surface area contributed by atoms with E-state index in [2.05, 4.69) is 5.32 Å². The number of nitrogens with zero attached hydrogens (tertiary/aromatic N) is 2.